The van der Waals surface area contributed by atoms with Crippen LogP contribution in [0.25, 0.3) is 0 Å². The smallest absolute Gasteiger partial charge is 0.345 e. The molecule has 2 unspecified atom stereocenters. The van der Waals surface area contributed by atoms with Gasteiger partial charge in [-0.3, -0.25) is 4.79 Å². The summed E-state index contributed by atoms with van der Waals surface area (Å²) >= 11 is 0. The molecule has 2 aromatic rings. The van der Waals surface area contributed by atoms with Crippen molar-refractivity contribution in [2.75, 3.05) is 0 Å². The van der Waals surface area contributed by atoms with Crippen LogP contribution in [0, 0.1) is 0 Å². The summed E-state index contributed by atoms with van der Waals surface area (Å²) in [5.41, 5.74) is 4.54. The van der Waals surface area contributed by atoms with Gasteiger partial charge in [0.15, 0.2) is 0 Å². The van der Waals surface area contributed by atoms with Crippen molar-refractivity contribution in [1.29, 1.82) is 0 Å². The maximum atomic E-state index is 11.7. The molecule has 0 amide bonds. The first-order chi connectivity index (χ1) is 12.0. The standard InChI is InChI=1S/C22H24O3/c1-4-21(3)14-22(5-2,19-9-7-6-8-18(19)21)17-12-10-16(11-13-17)20(24)25-15-23/h6-13,15H,4-5,14H2,1-3H3. The molecule has 0 heterocycles. The van der Waals surface area contributed by atoms with Crippen LogP contribution in [0.3, 0.4) is 0 Å². The fraction of sp³-hybridized carbons (Fsp3) is 0.364. The van der Waals surface area contributed by atoms with Crippen molar-refractivity contribution in [1.82, 2.24) is 0 Å². The highest BCUT2D eigenvalue weighted by molar-refractivity contribution is 5.93. The van der Waals surface area contributed by atoms with E-state index in [4.69, 9.17) is 0 Å². The third-order valence-electron chi connectivity index (χ3n) is 6.00. The van der Waals surface area contributed by atoms with Gasteiger partial charge in [0, 0.05) is 5.41 Å². The van der Waals surface area contributed by atoms with Crippen molar-refractivity contribution in [2.24, 2.45) is 0 Å². The Bertz CT molecular complexity index is 793. The zero-order valence-corrected chi connectivity index (χ0v) is 15.0. The number of hydrogen-bond acceptors (Lipinski definition) is 3. The topological polar surface area (TPSA) is 43.4 Å². The number of fused-ring (bicyclic) bond motifs is 1. The van der Waals surface area contributed by atoms with Crippen LogP contribution >= 0.6 is 0 Å². The molecule has 3 nitrogen and oxygen atoms in total. The van der Waals surface area contributed by atoms with Gasteiger partial charge in [-0.25, -0.2) is 4.79 Å². The third kappa shape index (κ3) is 2.68. The Hall–Kier alpha value is -2.42. The molecule has 0 saturated heterocycles. The van der Waals surface area contributed by atoms with Gasteiger partial charge in [-0.05, 0) is 53.5 Å². The largest absolute Gasteiger partial charge is 0.392 e. The molecule has 0 aromatic heterocycles. The van der Waals surface area contributed by atoms with Crippen molar-refractivity contribution >= 4 is 12.4 Å². The van der Waals surface area contributed by atoms with Crippen molar-refractivity contribution in [2.45, 2.75) is 50.9 Å². The zero-order valence-electron chi connectivity index (χ0n) is 15.0. The van der Waals surface area contributed by atoms with E-state index in [1.165, 1.54) is 16.7 Å². The number of hydrogen-bond donors (Lipinski definition) is 0. The Morgan fingerprint density at radius 2 is 1.68 bits per heavy atom. The Labute approximate surface area is 149 Å². The Morgan fingerprint density at radius 3 is 2.24 bits per heavy atom. The van der Waals surface area contributed by atoms with Crippen LogP contribution in [0.15, 0.2) is 48.5 Å². The van der Waals surface area contributed by atoms with Gasteiger partial charge in [0.05, 0.1) is 5.56 Å². The van der Waals surface area contributed by atoms with Crippen molar-refractivity contribution in [3.63, 3.8) is 0 Å². The summed E-state index contributed by atoms with van der Waals surface area (Å²) in [6.07, 6.45) is 3.15. The molecule has 2 atom stereocenters. The van der Waals surface area contributed by atoms with Gasteiger partial charge >= 0.3 is 12.4 Å². The summed E-state index contributed by atoms with van der Waals surface area (Å²) in [5.74, 6) is -0.614. The highest BCUT2D eigenvalue weighted by atomic mass is 16.6. The molecule has 1 aliphatic carbocycles. The van der Waals surface area contributed by atoms with Gasteiger partial charge in [-0.15, -0.1) is 0 Å². The van der Waals surface area contributed by atoms with E-state index in [0.29, 0.717) is 5.56 Å². The summed E-state index contributed by atoms with van der Waals surface area (Å²) in [7, 11) is 0. The maximum absolute atomic E-state index is 11.7. The first kappa shape index (κ1) is 17.4. The lowest BCUT2D eigenvalue weighted by atomic mass is 9.70. The molecule has 2 aromatic carbocycles. The second kappa shape index (κ2) is 6.47. The van der Waals surface area contributed by atoms with Crippen LogP contribution < -0.4 is 0 Å². The van der Waals surface area contributed by atoms with E-state index in [2.05, 4.69) is 49.8 Å². The normalized spacial score (nSPS) is 24.6. The summed E-state index contributed by atoms with van der Waals surface area (Å²) in [5, 5.41) is 0. The predicted octanol–water partition coefficient (Wildman–Crippen LogP) is 4.77. The van der Waals surface area contributed by atoms with Gasteiger partial charge < -0.3 is 4.74 Å². The fourth-order valence-corrected chi connectivity index (χ4v) is 4.41. The lowest BCUT2D eigenvalue weighted by Gasteiger charge is -2.33. The average molecular weight is 336 g/mol. The van der Waals surface area contributed by atoms with E-state index in [-0.39, 0.29) is 17.3 Å². The van der Waals surface area contributed by atoms with E-state index < -0.39 is 5.97 Å². The lowest BCUT2D eigenvalue weighted by molar-refractivity contribution is -0.123. The molecule has 0 bridgehead atoms. The maximum Gasteiger partial charge on any atom is 0.345 e. The zero-order chi connectivity index (χ0) is 18.1. The second-order valence-electron chi connectivity index (χ2n) is 7.15. The summed E-state index contributed by atoms with van der Waals surface area (Å²) in [4.78, 5) is 22.1. The van der Waals surface area contributed by atoms with Crippen LogP contribution in [0.4, 0.5) is 0 Å². The van der Waals surface area contributed by atoms with Crippen LogP contribution in [0.5, 0.6) is 0 Å². The van der Waals surface area contributed by atoms with Crippen molar-refractivity contribution in [3.05, 3.63) is 70.8 Å². The Balaban J connectivity index is 2.08. The number of esters is 1. The SMILES string of the molecule is CCC1(C)CC(CC)(c2ccc(C(=O)OC=O)cc2)c2ccccc21. The monoisotopic (exact) mass is 336 g/mol. The van der Waals surface area contributed by atoms with Crippen molar-refractivity contribution in [3.8, 4) is 0 Å². The van der Waals surface area contributed by atoms with E-state index in [1.807, 2.05) is 12.1 Å². The molecule has 0 aliphatic heterocycles. The molecule has 3 rings (SSSR count). The molecular weight excluding hydrogens is 312 g/mol. The van der Waals surface area contributed by atoms with Crippen molar-refractivity contribution < 1.29 is 14.3 Å². The molecular formula is C22H24O3. The number of carbonyl (C=O) groups is 2. The molecule has 0 N–H and O–H groups in total. The number of rotatable bonds is 5. The molecule has 0 fully saturated rings. The average Bonchev–Trinajstić information content (AvgIpc) is 2.93. The Kier molecular flexibility index (Phi) is 4.51. The third-order valence-corrected chi connectivity index (χ3v) is 6.00. The molecule has 0 saturated carbocycles. The minimum absolute atomic E-state index is 0.0472. The quantitative estimate of drug-likeness (QED) is 0.449. The first-order valence-corrected chi connectivity index (χ1v) is 8.86. The van der Waals surface area contributed by atoms with Crippen LogP contribution in [-0.2, 0) is 20.4 Å². The summed E-state index contributed by atoms with van der Waals surface area (Å²) in [6, 6.07) is 16.2. The minimum Gasteiger partial charge on any atom is -0.392 e. The first-order valence-electron chi connectivity index (χ1n) is 8.86. The van der Waals surface area contributed by atoms with Crippen LogP contribution in [0.1, 0.15) is 67.1 Å². The van der Waals surface area contributed by atoms with E-state index in [0.717, 1.165) is 19.3 Å². The fourth-order valence-electron chi connectivity index (χ4n) is 4.41. The molecule has 25 heavy (non-hydrogen) atoms. The highest BCUT2D eigenvalue weighted by Gasteiger charge is 2.48. The van der Waals surface area contributed by atoms with Gasteiger partial charge in [0.25, 0.3) is 0 Å². The molecule has 130 valence electrons. The summed E-state index contributed by atoms with van der Waals surface area (Å²) in [6.45, 7) is 7.00. The van der Waals surface area contributed by atoms with E-state index in [1.54, 1.807) is 12.1 Å². The molecule has 1 aliphatic rings. The van der Waals surface area contributed by atoms with E-state index in [9.17, 15) is 9.59 Å². The Morgan fingerprint density at radius 1 is 1.04 bits per heavy atom. The predicted molar refractivity (Wildman–Crippen MR) is 97.7 cm³/mol. The highest BCUT2D eigenvalue weighted by Crippen LogP contribution is 2.55. The number of benzene rings is 2. The van der Waals surface area contributed by atoms with Crippen LogP contribution in [-0.4, -0.2) is 12.4 Å². The lowest BCUT2D eigenvalue weighted by Crippen LogP contribution is -2.27. The number of ether oxygens (including phenoxy) is 1. The molecule has 0 radical (unpaired) electrons. The minimum atomic E-state index is -0.614. The van der Waals surface area contributed by atoms with E-state index >= 15 is 0 Å². The molecule has 3 heteroatoms. The van der Waals surface area contributed by atoms with Crippen LogP contribution in [0.2, 0.25) is 0 Å². The number of carbonyl (C=O) groups excluding carboxylic acids is 2. The molecule has 0 spiro atoms. The second-order valence-corrected chi connectivity index (χ2v) is 7.15. The van der Waals surface area contributed by atoms with Gasteiger partial charge in [-0.2, -0.15) is 0 Å². The summed E-state index contributed by atoms with van der Waals surface area (Å²) < 4.78 is 4.43. The van der Waals surface area contributed by atoms with Gasteiger partial charge in [-0.1, -0.05) is 57.2 Å². The van der Waals surface area contributed by atoms with Gasteiger partial charge in [0.2, 0.25) is 0 Å². The van der Waals surface area contributed by atoms with Gasteiger partial charge in [0.1, 0.15) is 0 Å².